The molecule has 1 aliphatic heterocycles. The van der Waals surface area contributed by atoms with E-state index in [1.54, 1.807) is 0 Å². The van der Waals surface area contributed by atoms with E-state index >= 15 is 0 Å². The minimum Gasteiger partial charge on any atom is -0.465 e. The number of ether oxygens (including phenoxy) is 1. The average molecular weight is 404 g/mol. The molecule has 2 atom stereocenters. The number of aromatic amines is 1. The molecule has 152 valence electrons. The highest BCUT2D eigenvalue weighted by molar-refractivity contribution is 5.67. The van der Waals surface area contributed by atoms with Crippen LogP contribution in [0, 0.1) is 5.82 Å². The molecule has 2 heterocycles. The fourth-order valence-corrected chi connectivity index (χ4v) is 3.66. The van der Waals surface area contributed by atoms with Gasteiger partial charge in [-0.05, 0) is 25.8 Å². The Bertz CT molecular complexity index is 938. The van der Waals surface area contributed by atoms with Crippen molar-refractivity contribution in [3.8, 4) is 5.75 Å². The summed E-state index contributed by atoms with van der Waals surface area (Å²) in [5.41, 5.74) is -1.96. The number of carbonyl (C=O) groups is 1. The predicted molar refractivity (Wildman–Crippen MR) is 86.5 cm³/mol. The largest absolute Gasteiger partial charge is 0.573 e. The number of rotatable bonds is 3. The second-order valence-electron chi connectivity index (χ2n) is 6.70. The molecule has 0 aliphatic carbocycles. The normalized spacial score (nSPS) is 22.9. The van der Waals surface area contributed by atoms with Gasteiger partial charge in [-0.2, -0.15) is 5.16 Å². The molecule has 0 bridgehead atoms. The standard InChI is InChI=1S/C17H16F4N2O5/c1-16(11-3-2-10(6-12(11)18)27-17(19,20)21)8-9(4-5-23(16)15(25)26)13-7-14(24)22-28-13/h2-3,6-7,9H,4-5,8H2,1H3,(H,22,24)(H,25,26)/t9-,16+/m1/s1. The van der Waals surface area contributed by atoms with Crippen molar-refractivity contribution < 1.29 is 36.7 Å². The lowest BCUT2D eigenvalue weighted by atomic mass is 9.76. The van der Waals surface area contributed by atoms with Gasteiger partial charge >= 0.3 is 12.5 Å². The maximum atomic E-state index is 14.7. The minimum atomic E-state index is -4.98. The van der Waals surface area contributed by atoms with E-state index in [4.69, 9.17) is 4.52 Å². The van der Waals surface area contributed by atoms with Gasteiger partial charge in [0.05, 0.1) is 5.54 Å². The zero-order valence-electron chi connectivity index (χ0n) is 14.5. The number of likely N-dealkylation sites (tertiary alicyclic amines) is 1. The maximum Gasteiger partial charge on any atom is 0.573 e. The number of nitrogens with one attached hydrogen (secondary N) is 1. The van der Waals surface area contributed by atoms with Crippen LogP contribution in [0.5, 0.6) is 5.75 Å². The summed E-state index contributed by atoms with van der Waals surface area (Å²) in [6, 6.07) is 3.80. The van der Waals surface area contributed by atoms with Gasteiger partial charge in [0.2, 0.25) is 0 Å². The van der Waals surface area contributed by atoms with Crippen molar-refractivity contribution >= 4 is 6.09 Å². The molecule has 1 aromatic heterocycles. The Labute approximate surface area is 155 Å². The molecule has 0 unspecified atom stereocenters. The van der Waals surface area contributed by atoms with Crippen molar-refractivity contribution in [2.45, 2.75) is 37.6 Å². The van der Waals surface area contributed by atoms with Crippen LogP contribution in [0.25, 0.3) is 0 Å². The van der Waals surface area contributed by atoms with Gasteiger partial charge in [-0.25, -0.2) is 9.18 Å². The molecule has 2 N–H and O–H groups in total. The number of hydrogen-bond donors (Lipinski definition) is 2. The van der Waals surface area contributed by atoms with Crippen LogP contribution in [-0.4, -0.2) is 34.2 Å². The number of hydrogen-bond acceptors (Lipinski definition) is 4. The molecular formula is C17H16F4N2O5. The smallest absolute Gasteiger partial charge is 0.465 e. The summed E-state index contributed by atoms with van der Waals surface area (Å²) in [6.07, 6.45) is -5.88. The Morgan fingerprint density at radius 1 is 1.39 bits per heavy atom. The van der Waals surface area contributed by atoms with Crippen molar-refractivity contribution in [1.82, 2.24) is 10.1 Å². The first kappa shape index (κ1) is 19.8. The van der Waals surface area contributed by atoms with Crippen LogP contribution in [0.2, 0.25) is 0 Å². The second kappa shape index (κ2) is 6.88. The molecule has 0 saturated carbocycles. The van der Waals surface area contributed by atoms with Gasteiger partial charge in [-0.1, -0.05) is 6.07 Å². The van der Waals surface area contributed by atoms with Crippen LogP contribution in [-0.2, 0) is 5.54 Å². The van der Waals surface area contributed by atoms with E-state index in [0.29, 0.717) is 18.2 Å². The lowest BCUT2D eigenvalue weighted by Gasteiger charge is -2.46. The molecule has 1 aliphatic rings. The van der Waals surface area contributed by atoms with E-state index in [1.165, 1.54) is 13.0 Å². The van der Waals surface area contributed by atoms with Crippen LogP contribution in [0.15, 0.2) is 33.6 Å². The van der Waals surface area contributed by atoms with Gasteiger partial charge in [0.25, 0.3) is 5.56 Å². The van der Waals surface area contributed by atoms with Crippen molar-refractivity contribution in [3.63, 3.8) is 0 Å². The highest BCUT2D eigenvalue weighted by atomic mass is 19.4. The number of aromatic nitrogens is 1. The van der Waals surface area contributed by atoms with E-state index in [1.807, 2.05) is 0 Å². The summed E-state index contributed by atoms with van der Waals surface area (Å²) in [7, 11) is 0. The number of alkyl halides is 3. The van der Waals surface area contributed by atoms with Crippen LogP contribution in [0.1, 0.15) is 37.0 Å². The average Bonchev–Trinajstić information content (AvgIpc) is 2.99. The molecule has 1 saturated heterocycles. The maximum absolute atomic E-state index is 14.7. The third-order valence-electron chi connectivity index (χ3n) is 4.87. The highest BCUT2D eigenvalue weighted by Crippen LogP contribution is 2.45. The van der Waals surface area contributed by atoms with Gasteiger partial charge in [-0.3, -0.25) is 9.69 Å². The molecule has 11 heteroatoms. The Morgan fingerprint density at radius 3 is 2.64 bits per heavy atom. The van der Waals surface area contributed by atoms with Crippen molar-refractivity contribution in [2.24, 2.45) is 0 Å². The van der Waals surface area contributed by atoms with Gasteiger partial charge in [0.1, 0.15) is 17.3 Å². The van der Waals surface area contributed by atoms with E-state index < -0.39 is 35.1 Å². The fourth-order valence-electron chi connectivity index (χ4n) is 3.66. The molecule has 3 rings (SSSR count). The lowest BCUT2D eigenvalue weighted by molar-refractivity contribution is -0.274. The highest BCUT2D eigenvalue weighted by Gasteiger charge is 2.45. The molecule has 2 aromatic rings. The number of benzene rings is 1. The molecule has 7 nitrogen and oxygen atoms in total. The minimum absolute atomic E-state index is 0.0195. The number of carboxylic acid groups (broad SMARTS) is 1. The molecule has 1 amide bonds. The van der Waals surface area contributed by atoms with E-state index in [2.05, 4.69) is 9.89 Å². The molecule has 28 heavy (non-hydrogen) atoms. The van der Waals surface area contributed by atoms with E-state index in [9.17, 15) is 32.3 Å². The number of halogens is 4. The van der Waals surface area contributed by atoms with E-state index in [0.717, 1.165) is 17.0 Å². The number of amides is 1. The van der Waals surface area contributed by atoms with Gasteiger partial charge in [-0.15, -0.1) is 13.2 Å². The van der Waals surface area contributed by atoms with Crippen LogP contribution in [0.4, 0.5) is 22.4 Å². The van der Waals surface area contributed by atoms with Crippen molar-refractivity contribution in [2.75, 3.05) is 6.54 Å². The topological polar surface area (TPSA) is 95.8 Å². The Hall–Kier alpha value is -2.98. The molecular weight excluding hydrogens is 388 g/mol. The lowest BCUT2D eigenvalue weighted by Crippen LogP contribution is -2.52. The van der Waals surface area contributed by atoms with E-state index in [-0.39, 0.29) is 24.4 Å². The quantitative estimate of drug-likeness (QED) is 0.760. The monoisotopic (exact) mass is 404 g/mol. The summed E-state index contributed by atoms with van der Waals surface area (Å²) in [5, 5.41) is 11.7. The summed E-state index contributed by atoms with van der Waals surface area (Å²) >= 11 is 0. The summed E-state index contributed by atoms with van der Waals surface area (Å²) < 4.78 is 60.5. The van der Waals surface area contributed by atoms with Gasteiger partial charge in [0.15, 0.2) is 0 Å². The first-order valence-electron chi connectivity index (χ1n) is 8.24. The third kappa shape index (κ3) is 3.82. The Balaban J connectivity index is 1.98. The Kier molecular flexibility index (Phi) is 4.86. The van der Waals surface area contributed by atoms with Crippen LogP contribution >= 0.6 is 0 Å². The number of H-pyrrole nitrogens is 1. The van der Waals surface area contributed by atoms with Crippen LogP contribution < -0.4 is 10.3 Å². The van der Waals surface area contributed by atoms with Gasteiger partial charge < -0.3 is 14.4 Å². The van der Waals surface area contributed by atoms with Gasteiger partial charge in [0, 0.05) is 30.2 Å². The third-order valence-corrected chi connectivity index (χ3v) is 4.87. The zero-order chi connectivity index (χ0) is 20.7. The molecule has 1 aromatic carbocycles. The predicted octanol–water partition coefficient (Wildman–Crippen LogP) is 3.78. The summed E-state index contributed by atoms with van der Waals surface area (Å²) in [4.78, 5) is 24.1. The molecule has 0 spiro atoms. The first-order chi connectivity index (χ1) is 13.0. The SMILES string of the molecule is C[C@@]1(c2ccc(OC(F)(F)F)cc2F)C[C@H](c2cc(=O)[nH]o2)CCN1C(=O)O. The summed E-state index contributed by atoms with van der Waals surface area (Å²) in [6.45, 7) is 1.49. The number of piperidine rings is 1. The van der Waals surface area contributed by atoms with Crippen LogP contribution in [0.3, 0.4) is 0 Å². The summed E-state index contributed by atoms with van der Waals surface area (Å²) in [5.74, 6) is -1.86. The number of nitrogens with zero attached hydrogens (tertiary/aromatic N) is 1. The van der Waals surface area contributed by atoms with Crippen molar-refractivity contribution in [1.29, 1.82) is 0 Å². The molecule has 1 fully saturated rings. The zero-order valence-corrected chi connectivity index (χ0v) is 14.5. The second-order valence-corrected chi connectivity index (χ2v) is 6.70. The van der Waals surface area contributed by atoms with Crippen molar-refractivity contribution in [3.05, 3.63) is 51.8 Å². The fraction of sp³-hybridized carbons (Fsp3) is 0.412. The Morgan fingerprint density at radius 2 is 2.11 bits per heavy atom. The molecule has 0 radical (unpaired) electrons. The first-order valence-corrected chi connectivity index (χ1v) is 8.24.